The Morgan fingerprint density at radius 3 is 1.84 bits per heavy atom. The minimum absolute atomic E-state index is 0.0803. The van der Waals surface area contributed by atoms with E-state index in [1.165, 1.54) is 0 Å². The Balaban J connectivity index is 1.29. The van der Waals surface area contributed by atoms with Crippen molar-refractivity contribution < 1.29 is 13.2 Å². The SMILES string of the molecule is N#Cc1cccc(Nc2ccc(C3=C(S(=O)(=O)c4ccc(Nc5ccccc5C#N)cc4)OC(c4ccccc4)(c4ccccc4)C3)cc2)c1. The molecule has 6 aromatic carbocycles. The molecular formula is C42H30N4O3S. The number of nitriles is 2. The molecule has 0 bridgehead atoms. The minimum Gasteiger partial charge on any atom is -0.466 e. The van der Waals surface area contributed by atoms with Crippen molar-refractivity contribution in [2.45, 2.75) is 16.9 Å². The number of ether oxygens (including phenoxy) is 1. The molecule has 0 amide bonds. The number of hydrogen-bond acceptors (Lipinski definition) is 7. The predicted octanol–water partition coefficient (Wildman–Crippen LogP) is 9.42. The van der Waals surface area contributed by atoms with Crippen LogP contribution in [0.15, 0.2) is 168 Å². The lowest BCUT2D eigenvalue weighted by Crippen LogP contribution is -2.28. The fourth-order valence-electron chi connectivity index (χ4n) is 6.17. The van der Waals surface area contributed by atoms with Gasteiger partial charge in [-0.05, 0) is 72.3 Å². The van der Waals surface area contributed by atoms with Crippen molar-refractivity contribution >= 4 is 38.2 Å². The Morgan fingerprint density at radius 1 is 0.600 bits per heavy atom. The van der Waals surface area contributed by atoms with E-state index in [9.17, 15) is 18.9 Å². The molecule has 242 valence electrons. The highest BCUT2D eigenvalue weighted by molar-refractivity contribution is 7.95. The Morgan fingerprint density at radius 2 is 1.20 bits per heavy atom. The quantitative estimate of drug-likeness (QED) is 0.157. The van der Waals surface area contributed by atoms with E-state index in [1.54, 1.807) is 54.6 Å². The van der Waals surface area contributed by atoms with Crippen molar-refractivity contribution in [2.75, 3.05) is 10.6 Å². The number of para-hydroxylation sites is 1. The third-order valence-electron chi connectivity index (χ3n) is 8.67. The van der Waals surface area contributed by atoms with Crippen LogP contribution >= 0.6 is 0 Å². The number of nitrogens with one attached hydrogen (secondary N) is 2. The van der Waals surface area contributed by atoms with Crippen LogP contribution in [-0.2, 0) is 20.2 Å². The van der Waals surface area contributed by atoms with Gasteiger partial charge in [0.1, 0.15) is 6.07 Å². The smallest absolute Gasteiger partial charge is 0.239 e. The molecule has 7 nitrogen and oxygen atoms in total. The maximum absolute atomic E-state index is 14.6. The van der Waals surface area contributed by atoms with Gasteiger partial charge in [-0.25, -0.2) is 8.42 Å². The van der Waals surface area contributed by atoms with E-state index in [-0.39, 0.29) is 16.4 Å². The van der Waals surface area contributed by atoms with Crippen molar-refractivity contribution in [2.24, 2.45) is 0 Å². The molecule has 0 aliphatic carbocycles. The van der Waals surface area contributed by atoms with E-state index in [2.05, 4.69) is 22.8 Å². The summed E-state index contributed by atoms with van der Waals surface area (Å²) in [7, 11) is -4.16. The molecule has 0 spiro atoms. The maximum atomic E-state index is 14.6. The summed E-state index contributed by atoms with van der Waals surface area (Å²) in [5.41, 5.74) is 5.67. The van der Waals surface area contributed by atoms with Crippen molar-refractivity contribution in [1.29, 1.82) is 10.5 Å². The van der Waals surface area contributed by atoms with Crippen LogP contribution in [0.1, 0.15) is 34.2 Å². The lowest BCUT2D eigenvalue weighted by atomic mass is 9.81. The van der Waals surface area contributed by atoms with Crippen LogP contribution in [0.2, 0.25) is 0 Å². The van der Waals surface area contributed by atoms with E-state index in [4.69, 9.17) is 4.74 Å². The zero-order valence-corrected chi connectivity index (χ0v) is 27.6. The Hall–Kier alpha value is -6.61. The first-order chi connectivity index (χ1) is 24.4. The Bertz CT molecular complexity index is 2360. The van der Waals surface area contributed by atoms with Crippen LogP contribution < -0.4 is 10.6 Å². The van der Waals surface area contributed by atoms with Gasteiger partial charge in [0.15, 0.2) is 5.60 Å². The standard InChI is InChI=1S/C42H30N4O3S/c43-28-30-10-9-16-37(26-30)45-35-20-18-31(19-21-35)39-27-42(33-12-3-1-4-13-33,34-14-5-2-6-15-34)49-41(39)50(47,48)38-24-22-36(23-25-38)46-40-17-8-7-11-32(40)29-44/h1-26,45-46H,27H2. The summed E-state index contributed by atoms with van der Waals surface area (Å²) >= 11 is 0. The summed E-state index contributed by atoms with van der Waals surface area (Å²) in [6.07, 6.45) is 0.275. The molecule has 2 N–H and O–H groups in total. The first kappa shape index (κ1) is 32.0. The fourth-order valence-corrected chi connectivity index (χ4v) is 7.65. The van der Waals surface area contributed by atoms with E-state index >= 15 is 0 Å². The van der Waals surface area contributed by atoms with Gasteiger partial charge in [0.2, 0.25) is 14.9 Å². The summed E-state index contributed by atoms with van der Waals surface area (Å²) in [6.45, 7) is 0. The number of hydrogen-bond donors (Lipinski definition) is 2. The highest BCUT2D eigenvalue weighted by Gasteiger charge is 2.48. The van der Waals surface area contributed by atoms with Gasteiger partial charge in [0, 0.05) is 40.2 Å². The second-order valence-electron chi connectivity index (χ2n) is 11.8. The van der Waals surface area contributed by atoms with E-state index in [0.29, 0.717) is 33.6 Å². The zero-order chi connectivity index (χ0) is 34.6. The number of rotatable bonds is 9. The molecule has 0 unspecified atom stereocenters. The molecular weight excluding hydrogens is 641 g/mol. The number of anilines is 4. The molecule has 0 fully saturated rings. The van der Waals surface area contributed by atoms with Crippen LogP contribution in [0.25, 0.3) is 5.57 Å². The summed E-state index contributed by atoms with van der Waals surface area (Å²) in [4.78, 5) is 0.0803. The third-order valence-corrected chi connectivity index (χ3v) is 10.4. The molecule has 0 saturated carbocycles. The van der Waals surface area contributed by atoms with Crippen molar-refractivity contribution in [3.05, 3.63) is 191 Å². The summed E-state index contributed by atoms with van der Waals surface area (Å²) in [5.74, 6) is 0. The number of benzene rings is 6. The monoisotopic (exact) mass is 670 g/mol. The van der Waals surface area contributed by atoms with Gasteiger partial charge in [-0.3, -0.25) is 0 Å². The highest BCUT2D eigenvalue weighted by Crippen LogP contribution is 2.52. The normalized spacial score (nSPS) is 13.5. The molecule has 0 saturated heterocycles. The number of sulfone groups is 1. The second kappa shape index (κ2) is 13.5. The van der Waals surface area contributed by atoms with E-state index < -0.39 is 15.4 Å². The minimum atomic E-state index is -4.16. The van der Waals surface area contributed by atoms with Crippen molar-refractivity contribution in [1.82, 2.24) is 0 Å². The second-order valence-corrected chi connectivity index (χ2v) is 13.7. The first-order valence-corrected chi connectivity index (χ1v) is 17.4. The van der Waals surface area contributed by atoms with E-state index in [1.807, 2.05) is 103 Å². The predicted molar refractivity (Wildman–Crippen MR) is 195 cm³/mol. The van der Waals surface area contributed by atoms with Gasteiger partial charge in [0.05, 0.1) is 27.8 Å². The molecule has 0 radical (unpaired) electrons. The van der Waals surface area contributed by atoms with Crippen LogP contribution in [-0.4, -0.2) is 8.42 Å². The van der Waals surface area contributed by atoms with Gasteiger partial charge >= 0.3 is 0 Å². The Kier molecular flexibility index (Phi) is 8.62. The molecule has 0 atom stereocenters. The molecule has 8 heteroatoms. The average molecular weight is 671 g/mol. The van der Waals surface area contributed by atoms with Crippen molar-refractivity contribution in [3.8, 4) is 12.1 Å². The fraction of sp³-hybridized carbons (Fsp3) is 0.0476. The molecule has 1 aliphatic rings. The van der Waals surface area contributed by atoms with Gasteiger partial charge in [-0.1, -0.05) is 91.0 Å². The van der Waals surface area contributed by atoms with Crippen LogP contribution in [0.3, 0.4) is 0 Å². The summed E-state index contributed by atoms with van der Waals surface area (Å²) in [6, 6.07) is 52.0. The summed E-state index contributed by atoms with van der Waals surface area (Å²) < 4.78 is 36.1. The highest BCUT2D eigenvalue weighted by atomic mass is 32.2. The molecule has 7 rings (SSSR count). The third kappa shape index (κ3) is 6.20. The van der Waals surface area contributed by atoms with Gasteiger partial charge < -0.3 is 15.4 Å². The van der Waals surface area contributed by atoms with Gasteiger partial charge in [-0.15, -0.1) is 0 Å². The molecule has 1 heterocycles. The average Bonchev–Trinajstić information content (AvgIpc) is 3.60. The zero-order valence-electron chi connectivity index (χ0n) is 26.7. The molecule has 1 aliphatic heterocycles. The van der Waals surface area contributed by atoms with Crippen LogP contribution in [0.4, 0.5) is 22.7 Å². The first-order valence-electron chi connectivity index (χ1n) is 15.9. The topological polar surface area (TPSA) is 115 Å². The molecule has 0 aromatic heterocycles. The molecule has 6 aromatic rings. The van der Waals surface area contributed by atoms with Gasteiger partial charge in [-0.2, -0.15) is 10.5 Å². The van der Waals surface area contributed by atoms with Crippen molar-refractivity contribution in [3.63, 3.8) is 0 Å². The summed E-state index contributed by atoms with van der Waals surface area (Å²) in [5, 5.41) is 25.2. The largest absolute Gasteiger partial charge is 0.466 e. The Labute approximate surface area is 291 Å². The maximum Gasteiger partial charge on any atom is 0.239 e. The van der Waals surface area contributed by atoms with Crippen LogP contribution in [0, 0.1) is 22.7 Å². The van der Waals surface area contributed by atoms with Crippen LogP contribution in [0.5, 0.6) is 0 Å². The van der Waals surface area contributed by atoms with E-state index in [0.717, 1.165) is 22.5 Å². The van der Waals surface area contributed by atoms with Gasteiger partial charge in [0.25, 0.3) is 0 Å². The lowest BCUT2D eigenvalue weighted by Gasteiger charge is -2.31. The lowest BCUT2D eigenvalue weighted by molar-refractivity contribution is 0.0746. The number of nitrogens with zero attached hydrogens (tertiary/aromatic N) is 2. The molecule has 50 heavy (non-hydrogen) atoms.